The van der Waals surface area contributed by atoms with Crippen LogP contribution in [0.25, 0.3) is 0 Å². The van der Waals surface area contributed by atoms with Crippen LogP contribution in [0.1, 0.15) is 12.5 Å². The van der Waals surface area contributed by atoms with E-state index in [4.69, 9.17) is 0 Å². The number of aliphatic imine (C=N–C) groups is 1. The van der Waals surface area contributed by atoms with Crippen LogP contribution >= 0.6 is 0 Å². The summed E-state index contributed by atoms with van der Waals surface area (Å²) in [5.74, 6) is -0.540. The summed E-state index contributed by atoms with van der Waals surface area (Å²) < 4.78 is 26.3. The van der Waals surface area contributed by atoms with Gasteiger partial charge in [-0.05, 0) is 26.0 Å². The van der Waals surface area contributed by atoms with Crippen LogP contribution in [-0.4, -0.2) is 12.9 Å². The van der Waals surface area contributed by atoms with Crippen molar-refractivity contribution in [3.8, 4) is 0 Å². The third-order valence-electron chi connectivity index (χ3n) is 1.97. The van der Waals surface area contributed by atoms with Gasteiger partial charge in [0.15, 0.2) is 5.82 Å². The number of benzene rings is 1. The van der Waals surface area contributed by atoms with Gasteiger partial charge in [-0.25, -0.2) is 8.78 Å². The van der Waals surface area contributed by atoms with Crippen LogP contribution in [0.15, 0.2) is 17.1 Å². The molecule has 0 saturated heterocycles. The van der Waals surface area contributed by atoms with E-state index >= 15 is 0 Å². The van der Waals surface area contributed by atoms with Gasteiger partial charge in [0.2, 0.25) is 0 Å². The number of amidine groups is 1. The molecule has 2 nitrogen and oxygen atoms in total. The SMILES string of the molecule is CN=C(C)Nc1ccc(F)c(C)c1F. The zero-order chi connectivity index (χ0) is 10.7. The normalized spacial score (nSPS) is 11.6. The number of halogens is 2. The Balaban J connectivity index is 3.06. The molecule has 0 bridgehead atoms. The molecule has 0 fully saturated rings. The molecule has 0 aliphatic carbocycles. The topological polar surface area (TPSA) is 24.4 Å². The summed E-state index contributed by atoms with van der Waals surface area (Å²) in [4.78, 5) is 3.82. The van der Waals surface area contributed by atoms with Crippen LogP contribution in [0.3, 0.4) is 0 Å². The Morgan fingerprint density at radius 3 is 2.57 bits per heavy atom. The Labute approximate surface area is 81.7 Å². The highest BCUT2D eigenvalue weighted by atomic mass is 19.1. The summed E-state index contributed by atoms with van der Waals surface area (Å²) in [7, 11) is 1.59. The lowest BCUT2D eigenvalue weighted by atomic mass is 10.2. The molecule has 0 radical (unpaired) electrons. The van der Waals surface area contributed by atoms with Crippen molar-refractivity contribution in [1.82, 2.24) is 0 Å². The lowest BCUT2D eigenvalue weighted by Gasteiger charge is -2.08. The van der Waals surface area contributed by atoms with Crippen LogP contribution in [-0.2, 0) is 0 Å². The van der Waals surface area contributed by atoms with Gasteiger partial charge in [-0.2, -0.15) is 0 Å². The van der Waals surface area contributed by atoms with Gasteiger partial charge in [0.1, 0.15) is 5.82 Å². The minimum atomic E-state index is -0.576. The zero-order valence-corrected chi connectivity index (χ0v) is 8.36. The molecule has 0 spiro atoms. The Morgan fingerprint density at radius 2 is 2.00 bits per heavy atom. The first kappa shape index (κ1) is 10.6. The van der Waals surface area contributed by atoms with Gasteiger partial charge in [0.25, 0.3) is 0 Å². The summed E-state index contributed by atoms with van der Waals surface area (Å²) in [5.41, 5.74) is 0.255. The first-order valence-electron chi connectivity index (χ1n) is 4.21. The highest BCUT2D eigenvalue weighted by Crippen LogP contribution is 2.19. The maximum Gasteiger partial charge on any atom is 0.152 e. The maximum absolute atomic E-state index is 13.4. The van der Waals surface area contributed by atoms with Gasteiger partial charge in [-0.3, -0.25) is 4.99 Å². The molecule has 1 N–H and O–H groups in total. The van der Waals surface area contributed by atoms with Crippen LogP contribution in [0, 0.1) is 18.6 Å². The quantitative estimate of drug-likeness (QED) is 0.544. The van der Waals surface area contributed by atoms with E-state index in [1.54, 1.807) is 14.0 Å². The van der Waals surface area contributed by atoms with Crippen molar-refractivity contribution in [2.24, 2.45) is 4.99 Å². The van der Waals surface area contributed by atoms with Gasteiger partial charge in [-0.15, -0.1) is 0 Å². The van der Waals surface area contributed by atoms with Crippen LogP contribution in [0.4, 0.5) is 14.5 Å². The average Bonchev–Trinajstić information content (AvgIpc) is 2.19. The second-order valence-electron chi connectivity index (χ2n) is 2.97. The summed E-state index contributed by atoms with van der Waals surface area (Å²) in [6.07, 6.45) is 0. The molecule has 0 aliphatic rings. The Kier molecular flexibility index (Phi) is 3.17. The van der Waals surface area contributed by atoms with E-state index in [0.717, 1.165) is 0 Å². The third kappa shape index (κ3) is 2.07. The molecule has 4 heteroatoms. The zero-order valence-electron chi connectivity index (χ0n) is 8.36. The first-order chi connectivity index (χ1) is 6.56. The lowest BCUT2D eigenvalue weighted by molar-refractivity contribution is 0.571. The molecule has 0 atom stereocenters. The molecular weight excluding hydrogens is 186 g/mol. The monoisotopic (exact) mass is 198 g/mol. The maximum atomic E-state index is 13.4. The Morgan fingerprint density at radius 1 is 1.36 bits per heavy atom. The molecular formula is C10H12F2N2. The van der Waals surface area contributed by atoms with Crippen molar-refractivity contribution in [3.05, 3.63) is 29.3 Å². The standard InChI is InChI=1S/C10H12F2N2/c1-6-8(11)4-5-9(10(6)12)14-7(2)13-3/h4-5H,1-3H3,(H,13,14). The Bertz CT molecular complexity index is 373. The molecule has 14 heavy (non-hydrogen) atoms. The lowest BCUT2D eigenvalue weighted by Crippen LogP contribution is -2.09. The predicted octanol–water partition coefficient (Wildman–Crippen LogP) is 2.73. The summed E-state index contributed by atoms with van der Waals surface area (Å²) in [5, 5.41) is 2.74. The molecule has 0 aliphatic heterocycles. The number of nitrogens with one attached hydrogen (secondary N) is 1. The minimum absolute atomic E-state index is 0.0129. The fourth-order valence-corrected chi connectivity index (χ4v) is 1.01. The van der Waals surface area contributed by atoms with Gasteiger partial charge in [0.05, 0.1) is 11.5 Å². The molecule has 76 valence electrons. The summed E-state index contributed by atoms with van der Waals surface area (Å²) >= 11 is 0. The highest BCUT2D eigenvalue weighted by molar-refractivity contribution is 5.93. The van der Waals surface area contributed by atoms with Gasteiger partial charge >= 0.3 is 0 Å². The number of hydrogen-bond donors (Lipinski definition) is 1. The van der Waals surface area contributed by atoms with E-state index in [1.807, 2.05) is 0 Å². The van der Waals surface area contributed by atoms with E-state index in [9.17, 15) is 8.78 Å². The van der Waals surface area contributed by atoms with E-state index in [2.05, 4.69) is 10.3 Å². The smallest absolute Gasteiger partial charge is 0.152 e. The van der Waals surface area contributed by atoms with E-state index in [0.29, 0.717) is 5.84 Å². The fourth-order valence-electron chi connectivity index (χ4n) is 1.01. The van der Waals surface area contributed by atoms with Gasteiger partial charge in [-0.1, -0.05) is 0 Å². The molecule has 1 aromatic carbocycles. The second kappa shape index (κ2) is 4.17. The van der Waals surface area contributed by atoms with Crippen LogP contribution < -0.4 is 5.32 Å². The molecule has 0 unspecified atom stereocenters. The van der Waals surface area contributed by atoms with Crippen LogP contribution in [0.2, 0.25) is 0 Å². The van der Waals surface area contributed by atoms with Crippen LogP contribution in [0.5, 0.6) is 0 Å². The predicted molar refractivity (Wildman–Crippen MR) is 53.8 cm³/mol. The average molecular weight is 198 g/mol. The van der Waals surface area contributed by atoms with Gasteiger partial charge < -0.3 is 5.32 Å². The molecule has 0 aromatic heterocycles. The molecule has 0 amide bonds. The fraction of sp³-hybridized carbons (Fsp3) is 0.300. The molecule has 1 aromatic rings. The first-order valence-corrected chi connectivity index (χ1v) is 4.21. The van der Waals surface area contributed by atoms with E-state index < -0.39 is 11.6 Å². The summed E-state index contributed by atoms with van der Waals surface area (Å²) in [6.45, 7) is 3.10. The minimum Gasteiger partial charge on any atom is -0.342 e. The van der Waals surface area contributed by atoms with E-state index in [1.165, 1.54) is 19.1 Å². The second-order valence-corrected chi connectivity index (χ2v) is 2.97. The van der Waals surface area contributed by atoms with Crippen molar-refractivity contribution >= 4 is 11.5 Å². The molecule has 0 saturated carbocycles. The van der Waals surface area contributed by atoms with E-state index in [-0.39, 0.29) is 11.3 Å². The van der Waals surface area contributed by atoms with Crippen molar-refractivity contribution in [3.63, 3.8) is 0 Å². The largest absolute Gasteiger partial charge is 0.342 e. The number of anilines is 1. The molecule has 0 heterocycles. The number of rotatable bonds is 1. The van der Waals surface area contributed by atoms with Crippen molar-refractivity contribution in [1.29, 1.82) is 0 Å². The third-order valence-corrected chi connectivity index (χ3v) is 1.97. The number of nitrogens with zero attached hydrogens (tertiary/aromatic N) is 1. The van der Waals surface area contributed by atoms with Crippen molar-refractivity contribution < 1.29 is 8.78 Å². The van der Waals surface area contributed by atoms with Crippen molar-refractivity contribution in [2.75, 3.05) is 12.4 Å². The Hall–Kier alpha value is -1.45. The highest BCUT2D eigenvalue weighted by Gasteiger charge is 2.09. The molecule has 1 rings (SSSR count). The van der Waals surface area contributed by atoms with Gasteiger partial charge in [0, 0.05) is 12.6 Å². The summed E-state index contributed by atoms with van der Waals surface area (Å²) in [6, 6.07) is 2.58. The number of hydrogen-bond acceptors (Lipinski definition) is 1. The van der Waals surface area contributed by atoms with Crippen molar-refractivity contribution in [2.45, 2.75) is 13.8 Å².